The van der Waals surface area contributed by atoms with Crippen LogP contribution in [0.3, 0.4) is 0 Å². The minimum absolute atomic E-state index is 0.260. The summed E-state index contributed by atoms with van der Waals surface area (Å²) < 4.78 is 2.27. The first-order valence-electron chi connectivity index (χ1n) is 9.46. The Morgan fingerprint density at radius 1 is 1.19 bits per heavy atom. The second-order valence-electron chi connectivity index (χ2n) is 7.29. The number of carbonyl (C=O) groups excluding carboxylic acids is 1. The maximum Gasteiger partial charge on any atom is 0.222 e. The first-order valence-corrected chi connectivity index (χ1v) is 9.46. The first-order chi connectivity index (χ1) is 12.6. The molecule has 1 saturated heterocycles. The molecule has 2 aromatic heterocycles. The van der Waals surface area contributed by atoms with Crippen molar-refractivity contribution in [2.75, 3.05) is 33.7 Å². The standard InChI is InChI=1S/C20H29N5O/c1-23(2)15-16-25-14-11-22-20(25)18-7-12-24(13-8-18)19(26)4-3-17-5-9-21-10-6-17/h5-6,9-11,14,18H,3-4,7-8,12-13,15-16H2,1-2H3. The summed E-state index contributed by atoms with van der Waals surface area (Å²) >= 11 is 0. The van der Waals surface area contributed by atoms with Crippen molar-refractivity contribution in [2.45, 2.75) is 38.1 Å². The zero-order valence-electron chi connectivity index (χ0n) is 15.8. The van der Waals surface area contributed by atoms with Crippen LogP contribution in [0.1, 0.15) is 36.6 Å². The summed E-state index contributed by atoms with van der Waals surface area (Å²) in [6.45, 7) is 3.64. The Bertz CT molecular complexity index is 689. The molecule has 0 bridgehead atoms. The number of likely N-dealkylation sites (N-methyl/N-ethyl adjacent to an activating group) is 1. The third kappa shape index (κ3) is 4.91. The number of piperidine rings is 1. The highest BCUT2D eigenvalue weighted by Crippen LogP contribution is 2.27. The van der Waals surface area contributed by atoms with Gasteiger partial charge in [0.1, 0.15) is 5.82 Å². The van der Waals surface area contributed by atoms with Crippen LogP contribution in [0.4, 0.5) is 0 Å². The predicted molar refractivity (Wildman–Crippen MR) is 102 cm³/mol. The number of pyridine rings is 1. The molecule has 0 radical (unpaired) electrons. The molecule has 3 heterocycles. The fraction of sp³-hybridized carbons (Fsp3) is 0.550. The molecule has 0 aliphatic carbocycles. The van der Waals surface area contributed by atoms with Crippen molar-refractivity contribution < 1.29 is 4.79 Å². The monoisotopic (exact) mass is 355 g/mol. The van der Waals surface area contributed by atoms with Crippen LogP contribution in [0.15, 0.2) is 36.9 Å². The number of nitrogens with zero attached hydrogens (tertiary/aromatic N) is 5. The molecule has 6 heteroatoms. The van der Waals surface area contributed by atoms with Gasteiger partial charge in [-0.3, -0.25) is 9.78 Å². The molecular formula is C20H29N5O. The van der Waals surface area contributed by atoms with E-state index in [9.17, 15) is 4.79 Å². The largest absolute Gasteiger partial charge is 0.343 e. The van der Waals surface area contributed by atoms with Gasteiger partial charge in [-0.15, -0.1) is 0 Å². The average Bonchev–Trinajstić information content (AvgIpc) is 3.14. The van der Waals surface area contributed by atoms with Crippen molar-refractivity contribution in [1.29, 1.82) is 0 Å². The molecule has 1 aliphatic heterocycles. The molecule has 2 aromatic rings. The molecule has 6 nitrogen and oxygen atoms in total. The van der Waals surface area contributed by atoms with Crippen LogP contribution in [0.2, 0.25) is 0 Å². The maximum atomic E-state index is 12.5. The lowest BCUT2D eigenvalue weighted by Gasteiger charge is -2.32. The van der Waals surface area contributed by atoms with Gasteiger partial charge in [-0.2, -0.15) is 0 Å². The van der Waals surface area contributed by atoms with Crippen molar-refractivity contribution in [3.05, 3.63) is 48.3 Å². The summed E-state index contributed by atoms with van der Waals surface area (Å²) in [6.07, 6.45) is 10.9. The Balaban J connectivity index is 1.48. The van der Waals surface area contributed by atoms with E-state index >= 15 is 0 Å². The van der Waals surface area contributed by atoms with Gasteiger partial charge in [0.2, 0.25) is 5.91 Å². The number of carbonyl (C=O) groups is 1. The van der Waals surface area contributed by atoms with Gasteiger partial charge in [0.25, 0.3) is 0 Å². The molecule has 0 saturated carbocycles. The van der Waals surface area contributed by atoms with Gasteiger partial charge in [0.15, 0.2) is 0 Å². The van der Waals surface area contributed by atoms with E-state index in [1.165, 1.54) is 11.4 Å². The first kappa shape index (κ1) is 18.6. The summed E-state index contributed by atoms with van der Waals surface area (Å²) in [5, 5.41) is 0. The molecule has 0 unspecified atom stereocenters. The van der Waals surface area contributed by atoms with E-state index in [1.807, 2.05) is 23.2 Å². The minimum Gasteiger partial charge on any atom is -0.343 e. The average molecular weight is 355 g/mol. The summed E-state index contributed by atoms with van der Waals surface area (Å²) in [7, 11) is 4.18. The van der Waals surface area contributed by atoms with Crippen LogP contribution < -0.4 is 0 Å². The molecule has 1 aliphatic rings. The molecule has 26 heavy (non-hydrogen) atoms. The maximum absolute atomic E-state index is 12.5. The third-order valence-corrected chi connectivity index (χ3v) is 5.13. The van der Waals surface area contributed by atoms with Crippen molar-refractivity contribution >= 4 is 5.91 Å². The van der Waals surface area contributed by atoms with Crippen LogP contribution in [0.25, 0.3) is 0 Å². The molecule has 0 aromatic carbocycles. The van der Waals surface area contributed by atoms with Crippen molar-refractivity contribution in [1.82, 2.24) is 24.3 Å². The fourth-order valence-electron chi connectivity index (χ4n) is 3.52. The van der Waals surface area contributed by atoms with Crippen molar-refractivity contribution in [3.8, 4) is 0 Å². The third-order valence-electron chi connectivity index (χ3n) is 5.13. The minimum atomic E-state index is 0.260. The lowest BCUT2D eigenvalue weighted by Crippen LogP contribution is -2.38. The zero-order chi connectivity index (χ0) is 18.4. The lowest BCUT2D eigenvalue weighted by molar-refractivity contribution is -0.132. The van der Waals surface area contributed by atoms with Crippen LogP contribution in [0.5, 0.6) is 0 Å². The smallest absolute Gasteiger partial charge is 0.222 e. The van der Waals surface area contributed by atoms with Gasteiger partial charge in [-0.05, 0) is 51.1 Å². The van der Waals surface area contributed by atoms with E-state index in [-0.39, 0.29) is 5.91 Å². The Labute approximate surface area is 155 Å². The highest BCUT2D eigenvalue weighted by Gasteiger charge is 2.26. The topological polar surface area (TPSA) is 54.3 Å². The van der Waals surface area contributed by atoms with Gasteiger partial charge in [0, 0.05) is 63.3 Å². The van der Waals surface area contributed by atoms with Gasteiger partial charge in [-0.1, -0.05) is 0 Å². The SMILES string of the molecule is CN(C)CCn1ccnc1C1CCN(C(=O)CCc2ccncc2)CC1. The molecule has 3 rings (SSSR count). The fourth-order valence-corrected chi connectivity index (χ4v) is 3.52. The Morgan fingerprint density at radius 2 is 1.92 bits per heavy atom. The van der Waals surface area contributed by atoms with Gasteiger partial charge < -0.3 is 14.4 Å². The highest BCUT2D eigenvalue weighted by molar-refractivity contribution is 5.76. The summed E-state index contributed by atoms with van der Waals surface area (Å²) in [4.78, 5) is 25.3. The molecule has 0 atom stereocenters. The van der Waals surface area contributed by atoms with Gasteiger partial charge >= 0.3 is 0 Å². The van der Waals surface area contributed by atoms with Crippen LogP contribution in [-0.2, 0) is 17.8 Å². The van der Waals surface area contributed by atoms with E-state index in [0.717, 1.165) is 45.4 Å². The van der Waals surface area contributed by atoms with Crippen LogP contribution in [0, 0.1) is 0 Å². The Hall–Kier alpha value is -2.21. The number of aromatic nitrogens is 3. The molecule has 1 fully saturated rings. The summed E-state index contributed by atoms with van der Waals surface area (Å²) in [6, 6.07) is 3.96. The molecule has 1 amide bonds. The Morgan fingerprint density at radius 3 is 2.62 bits per heavy atom. The van der Waals surface area contributed by atoms with Crippen LogP contribution in [-0.4, -0.2) is 64.0 Å². The number of amides is 1. The summed E-state index contributed by atoms with van der Waals surface area (Å²) in [5.41, 5.74) is 1.17. The molecule has 0 N–H and O–H groups in total. The van der Waals surface area contributed by atoms with Crippen LogP contribution >= 0.6 is 0 Å². The van der Waals surface area contributed by atoms with Gasteiger partial charge in [0.05, 0.1) is 0 Å². The van der Waals surface area contributed by atoms with E-state index < -0.39 is 0 Å². The second-order valence-corrected chi connectivity index (χ2v) is 7.29. The number of aryl methyl sites for hydroxylation is 1. The number of hydrogen-bond donors (Lipinski definition) is 0. The number of imidazole rings is 1. The summed E-state index contributed by atoms with van der Waals surface area (Å²) in [5.74, 6) is 1.89. The lowest BCUT2D eigenvalue weighted by atomic mass is 9.95. The normalized spacial score (nSPS) is 15.6. The number of hydrogen-bond acceptors (Lipinski definition) is 4. The predicted octanol–water partition coefficient (Wildman–Crippen LogP) is 2.18. The molecule has 0 spiro atoms. The van der Waals surface area contributed by atoms with Crippen molar-refractivity contribution in [3.63, 3.8) is 0 Å². The van der Waals surface area contributed by atoms with E-state index in [1.54, 1.807) is 12.4 Å². The molecule has 140 valence electrons. The molecular weight excluding hydrogens is 326 g/mol. The highest BCUT2D eigenvalue weighted by atomic mass is 16.2. The Kier molecular flexibility index (Phi) is 6.39. The zero-order valence-corrected chi connectivity index (χ0v) is 15.8. The number of rotatable bonds is 7. The van der Waals surface area contributed by atoms with E-state index in [4.69, 9.17) is 0 Å². The second kappa shape index (κ2) is 8.94. The quantitative estimate of drug-likeness (QED) is 0.764. The van der Waals surface area contributed by atoms with Crippen molar-refractivity contribution in [2.24, 2.45) is 0 Å². The van der Waals surface area contributed by atoms with E-state index in [2.05, 4.69) is 39.7 Å². The van der Waals surface area contributed by atoms with E-state index in [0.29, 0.717) is 12.3 Å². The van der Waals surface area contributed by atoms with Gasteiger partial charge in [-0.25, -0.2) is 4.98 Å². The number of likely N-dealkylation sites (tertiary alicyclic amines) is 1.